The van der Waals surface area contributed by atoms with E-state index in [0.29, 0.717) is 40.9 Å². The molecule has 1 amide bonds. The molecule has 0 fully saturated rings. The van der Waals surface area contributed by atoms with Crippen molar-refractivity contribution in [2.45, 2.75) is 13.5 Å². The lowest BCUT2D eigenvalue weighted by molar-refractivity contribution is 0.102. The van der Waals surface area contributed by atoms with Gasteiger partial charge in [-0.05, 0) is 49.4 Å². The molecule has 0 aliphatic heterocycles. The summed E-state index contributed by atoms with van der Waals surface area (Å²) in [5.41, 5.74) is 1.83. The summed E-state index contributed by atoms with van der Waals surface area (Å²) in [4.78, 5) is 12.5. The lowest BCUT2D eigenvalue weighted by Gasteiger charge is -2.11. The van der Waals surface area contributed by atoms with Crippen molar-refractivity contribution in [1.29, 1.82) is 0 Å². The Labute approximate surface area is 157 Å². The second-order valence-electron chi connectivity index (χ2n) is 5.75. The number of ether oxygens (including phenoxy) is 2. The first kappa shape index (κ1) is 18.5. The van der Waals surface area contributed by atoms with Crippen LogP contribution in [-0.2, 0) is 6.61 Å². The minimum atomic E-state index is -0.244. The van der Waals surface area contributed by atoms with Crippen LogP contribution >= 0.6 is 0 Å². The fourth-order valence-electron chi connectivity index (χ4n) is 2.68. The quantitative estimate of drug-likeness (QED) is 0.657. The topological polar surface area (TPSA) is 80.9 Å². The van der Waals surface area contributed by atoms with Gasteiger partial charge in [-0.2, -0.15) is 0 Å². The number of aliphatic hydroxyl groups excluding tert-OH is 1. The molecule has 3 aromatic rings. The summed E-state index contributed by atoms with van der Waals surface area (Å²) in [6.07, 6.45) is 0. The standard InChI is InChI=1S/C21H21NO5/c1-3-26-16-6-4-5-14(11-16)21(24)22-15-7-9-18(20(12-15)25-2)19-10-8-17(13-23)27-19/h4-12,23H,3,13H2,1-2H3,(H,22,24). The van der Waals surface area contributed by atoms with Crippen molar-refractivity contribution in [3.8, 4) is 22.8 Å². The summed E-state index contributed by atoms with van der Waals surface area (Å²) < 4.78 is 16.4. The number of benzene rings is 2. The molecule has 0 atom stereocenters. The van der Waals surface area contributed by atoms with E-state index < -0.39 is 0 Å². The third kappa shape index (κ3) is 4.30. The van der Waals surface area contributed by atoms with Crippen molar-refractivity contribution in [1.82, 2.24) is 0 Å². The van der Waals surface area contributed by atoms with E-state index in [1.165, 1.54) is 0 Å². The van der Waals surface area contributed by atoms with Crippen molar-refractivity contribution in [3.05, 3.63) is 65.9 Å². The van der Waals surface area contributed by atoms with Crippen LogP contribution in [0.1, 0.15) is 23.0 Å². The number of anilines is 1. The highest BCUT2D eigenvalue weighted by atomic mass is 16.5. The number of aliphatic hydroxyl groups is 1. The van der Waals surface area contributed by atoms with Gasteiger partial charge in [0, 0.05) is 17.3 Å². The highest BCUT2D eigenvalue weighted by Crippen LogP contribution is 2.33. The molecule has 6 nitrogen and oxygen atoms in total. The van der Waals surface area contributed by atoms with Crippen LogP contribution in [0.4, 0.5) is 5.69 Å². The summed E-state index contributed by atoms with van der Waals surface area (Å²) in [6, 6.07) is 15.8. The van der Waals surface area contributed by atoms with Gasteiger partial charge < -0.3 is 24.3 Å². The normalized spacial score (nSPS) is 10.5. The predicted octanol–water partition coefficient (Wildman–Crippen LogP) is 4.10. The van der Waals surface area contributed by atoms with Crippen molar-refractivity contribution in [2.24, 2.45) is 0 Å². The lowest BCUT2D eigenvalue weighted by atomic mass is 10.1. The Bertz CT molecular complexity index is 932. The number of amides is 1. The van der Waals surface area contributed by atoms with E-state index in [4.69, 9.17) is 19.0 Å². The number of carbonyl (C=O) groups excluding carboxylic acids is 1. The van der Waals surface area contributed by atoms with Crippen LogP contribution < -0.4 is 14.8 Å². The molecule has 6 heteroatoms. The molecule has 0 saturated carbocycles. The van der Waals surface area contributed by atoms with Crippen LogP contribution in [0.3, 0.4) is 0 Å². The number of carbonyl (C=O) groups is 1. The van der Waals surface area contributed by atoms with Crippen LogP contribution in [0.25, 0.3) is 11.3 Å². The molecule has 2 N–H and O–H groups in total. The van der Waals surface area contributed by atoms with Gasteiger partial charge in [-0.3, -0.25) is 4.79 Å². The SMILES string of the molecule is CCOc1cccc(C(=O)Nc2ccc(-c3ccc(CO)o3)c(OC)c2)c1. The Morgan fingerprint density at radius 3 is 2.70 bits per heavy atom. The number of nitrogens with one attached hydrogen (secondary N) is 1. The van der Waals surface area contributed by atoms with Gasteiger partial charge in [0.25, 0.3) is 5.91 Å². The smallest absolute Gasteiger partial charge is 0.255 e. The van der Waals surface area contributed by atoms with Crippen molar-refractivity contribution >= 4 is 11.6 Å². The molecular weight excluding hydrogens is 346 g/mol. The minimum absolute atomic E-state index is 0.169. The van der Waals surface area contributed by atoms with Gasteiger partial charge in [0.05, 0.1) is 19.3 Å². The van der Waals surface area contributed by atoms with Crippen molar-refractivity contribution < 1.29 is 23.8 Å². The van der Waals surface area contributed by atoms with Crippen LogP contribution in [0, 0.1) is 0 Å². The molecule has 1 aromatic heterocycles. The zero-order valence-corrected chi connectivity index (χ0v) is 15.2. The first-order valence-electron chi connectivity index (χ1n) is 8.56. The van der Waals surface area contributed by atoms with Gasteiger partial charge in [0.2, 0.25) is 0 Å². The summed E-state index contributed by atoms with van der Waals surface area (Å²) in [5.74, 6) is 2.01. The third-order valence-corrected chi connectivity index (χ3v) is 3.95. The molecule has 0 aliphatic rings. The van der Waals surface area contributed by atoms with E-state index in [2.05, 4.69) is 5.32 Å². The Balaban J connectivity index is 1.81. The Hall–Kier alpha value is -3.25. The van der Waals surface area contributed by atoms with Gasteiger partial charge in [0.15, 0.2) is 0 Å². The van der Waals surface area contributed by atoms with E-state index >= 15 is 0 Å². The van der Waals surface area contributed by atoms with Crippen LogP contribution in [0.5, 0.6) is 11.5 Å². The number of methoxy groups -OCH3 is 1. The third-order valence-electron chi connectivity index (χ3n) is 3.95. The maximum Gasteiger partial charge on any atom is 0.255 e. The van der Waals surface area contributed by atoms with Crippen molar-refractivity contribution in [3.63, 3.8) is 0 Å². The summed E-state index contributed by atoms with van der Waals surface area (Å²) >= 11 is 0. The van der Waals surface area contributed by atoms with E-state index in [1.54, 1.807) is 55.6 Å². The first-order chi connectivity index (χ1) is 13.1. The maximum atomic E-state index is 12.5. The summed E-state index contributed by atoms with van der Waals surface area (Å²) in [6.45, 7) is 2.26. The van der Waals surface area contributed by atoms with E-state index in [1.807, 2.05) is 13.0 Å². The Morgan fingerprint density at radius 2 is 2.00 bits per heavy atom. The summed E-state index contributed by atoms with van der Waals surface area (Å²) in [5, 5.41) is 12.0. The van der Waals surface area contributed by atoms with Gasteiger partial charge in [-0.25, -0.2) is 0 Å². The molecule has 0 unspecified atom stereocenters. The highest BCUT2D eigenvalue weighted by molar-refractivity contribution is 6.04. The average molecular weight is 367 g/mol. The van der Waals surface area contributed by atoms with Gasteiger partial charge in [0.1, 0.15) is 29.6 Å². The zero-order chi connectivity index (χ0) is 19.2. The molecule has 140 valence electrons. The van der Waals surface area contributed by atoms with Crippen LogP contribution in [0.15, 0.2) is 59.0 Å². The number of rotatable bonds is 7. The van der Waals surface area contributed by atoms with Gasteiger partial charge in [-0.15, -0.1) is 0 Å². The Kier molecular flexibility index (Phi) is 5.78. The molecule has 0 saturated heterocycles. The second-order valence-corrected chi connectivity index (χ2v) is 5.75. The van der Waals surface area contributed by atoms with E-state index in [-0.39, 0.29) is 12.5 Å². The lowest BCUT2D eigenvalue weighted by Crippen LogP contribution is -2.12. The molecule has 0 aliphatic carbocycles. The number of furan rings is 1. The van der Waals surface area contributed by atoms with Crippen LogP contribution in [-0.4, -0.2) is 24.7 Å². The second kappa shape index (κ2) is 8.42. The van der Waals surface area contributed by atoms with Crippen molar-refractivity contribution in [2.75, 3.05) is 19.0 Å². The predicted molar refractivity (Wildman–Crippen MR) is 102 cm³/mol. The molecule has 3 rings (SSSR count). The fourth-order valence-corrected chi connectivity index (χ4v) is 2.68. The molecule has 1 heterocycles. The van der Waals surface area contributed by atoms with Gasteiger partial charge in [-0.1, -0.05) is 6.07 Å². The van der Waals surface area contributed by atoms with E-state index in [0.717, 1.165) is 5.56 Å². The van der Waals surface area contributed by atoms with Crippen LogP contribution in [0.2, 0.25) is 0 Å². The molecule has 0 radical (unpaired) electrons. The van der Waals surface area contributed by atoms with Gasteiger partial charge >= 0.3 is 0 Å². The monoisotopic (exact) mass is 367 g/mol. The average Bonchev–Trinajstić information content (AvgIpc) is 3.17. The molecule has 2 aromatic carbocycles. The molecular formula is C21H21NO5. The summed E-state index contributed by atoms with van der Waals surface area (Å²) in [7, 11) is 1.55. The number of hydrogen-bond donors (Lipinski definition) is 2. The maximum absolute atomic E-state index is 12.5. The molecule has 27 heavy (non-hydrogen) atoms. The highest BCUT2D eigenvalue weighted by Gasteiger charge is 2.13. The number of hydrogen-bond acceptors (Lipinski definition) is 5. The zero-order valence-electron chi connectivity index (χ0n) is 15.2. The Morgan fingerprint density at radius 1 is 1.15 bits per heavy atom. The van der Waals surface area contributed by atoms with E-state index in [9.17, 15) is 4.79 Å². The minimum Gasteiger partial charge on any atom is -0.496 e. The fraction of sp³-hybridized carbons (Fsp3) is 0.190. The largest absolute Gasteiger partial charge is 0.496 e. The first-order valence-corrected chi connectivity index (χ1v) is 8.56. The molecule has 0 bridgehead atoms. The molecule has 0 spiro atoms.